The molecule has 0 aliphatic carbocycles. The van der Waals surface area contributed by atoms with Crippen LogP contribution in [0.5, 0.6) is 5.75 Å². The van der Waals surface area contributed by atoms with Gasteiger partial charge in [-0.25, -0.2) is 9.18 Å². The molecule has 2 rings (SSSR count). The average Bonchev–Trinajstić information content (AvgIpc) is 2.70. The van der Waals surface area contributed by atoms with Crippen LogP contribution in [0.2, 0.25) is 0 Å². The minimum absolute atomic E-state index is 0.111. The first-order valence-electron chi connectivity index (χ1n) is 5.08. The zero-order valence-corrected chi connectivity index (χ0v) is 9.22. The van der Waals surface area contributed by atoms with E-state index in [4.69, 9.17) is 14.6 Å². The molecule has 1 saturated heterocycles. The number of hydrogen-bond acceptors (Lipinski definition) is 4. The van der Waals surface area contributed by atoms with Crippen molar-refractivity contribution in [2.24, 2.45) is 0 Å². The second kappa shape index (κ2) is 4.58. The Morgan fingerprint density at radius 1 is 1.65 bits per heavy atom. The second-order valence-corrected chi connectivity index (χ2v) is 3.62. The summed E-state index contributed by atoms with van der Waals surface area (Å²) in [4.78, 5) is 12.7. The summed E-state index contributed by atoms with van der Waals surface area (Å²) >= 11 is 0. The molecule has 0 unspecified atom stereocenters. The van der Waals surface area contributed by atoms with E-state index in [1.165, 1.54) is 24.1 Å². The summed E-state index contributed by atoms with van der Waals surface area (Å²) < 4.78 is 23.1. The Morgan fingerprint density at radius 2 is 2.41 bits per heavy atom. The molecule has 1 N–H and O–H groups in total. The van der Waals surface area contributed by atoms with Gasteiger partial charge in [0.15, 0.2) is 11.6 Å². The van der Waals surface area contributed by atoms with E-state index in [0.29, 0.717) is 5.69 Å². The highest BCUT2D eigenvalue weighted by Gasteiger charge is 2.32. The third kappa shape index (κ3) is 2.16. The molecule has 0 saturated carbocycles. The number of cyclic esters (lactones) is 1. The van der Waals surface area contributed by atoms with Gasteiger partial charge in [0.25, 0.3) is 0 Å². The van der Waals surface area contributed by atoms with E-state index in [0.717, 1.165) is 0 Å². The highest BCUT2D eigenvalue weighted by atomic mass is 19.1. The Labute approximate surface area is 97.4 Å². The fourth-order valence-corrected chi connectivity index (χ4v) is 1.65. The number of carbonyl (C=O) groups is 1. The van der Waals surface area contributed by atoms with Crippen LogP contribution in [-0.4, -0.2) is 37.6 Å². The van der Waals surface area contributed by atoms with Crippen molar-refractivity contribution in [2.45, 2.75) is 6.10 Å². The van der Waals surface area contributed by atoms with Crippen molar-refractivity contribution in [1.82, 2.24) is 0 Å². The topological polar surface area (TPSA) is 59.0 Å². The Morgan fingerprint density at radius 3 is 2.94 bits per heavy atom. The minimum atomic E-state index is -0.589. The predicted octanol–water partition coefficient (Wildman–Crippen LogP) is 1.15. The normalized spacial score (nSPS) is 19.4. The standard InChI is InChI=1S/C11H12FNO4/c1-16-10-3-2-7(4-9(10)12)13-5-8(6-14)17-11(13)15/h2-4,8,14H,5-6H2,1H3/t8-/m1/s1. The number of aliphatic hydroxyl groups excluding tert-OH is 1. The Hall–Kier alpha value is -1.82. The quantitative estimate of drug-likeness (QED) is 0.862. The summed E-state index contributed by atoms with van der Waals surface area (Å²) in [6.45, 7) is -0.0397. The number of halogens is 1. The number of nitrogens with zero attached hydrogens (tertiary/aromatic N) is 1. The third-order valence-corrected chi connectivity index (χ3v) is 2.52. The molecular formula is C11H12FNO4. The molecule has 6 heteroatoms. The first-order chi connectivity index (χ1) is 8.15. The molecule has 92 valence electrons. The van der Waals surface area contributed by atoms with Crippen LogP contribution in [0, 0.1) is 5.82 Å². The maximum absolute atomic E-state index is 13.5. The number of anilines is 1. The van der Waals surface area contributed by atoms with Crippen molar-refractivity contribution < 1.29 is 23.8 Å². The third-order valence-electron chi connectivity index (χ3n) is 2.52. The van der Waals surface area contributed by atoms with Gasteiger partial charge in [0.05, 0.1) is 25.9 Å². The van der Waals surface area contributed by atoms with Gasteiger partial charge in [0.2, 0.25) is 0 Å². The number of hydrogen-bond donors (Lipinski definition) is 1. The summed E-state index contributed by atoms with van der Waals surface area (Å²) in [5.41, 5.74) is 0.379. The molecule has 0 aromatic heterocycles. The largest absolute Gasteiger partial charge is 0.494 e. The van der Waals surface area contributed by atoms with E-state index >= 15 is 0 Å². The number of ether oxygens (including phenoxy) is 2. The Kier molecular flexibility index (Phi) is 3.14. The number of carbonyl (C=O) groups excluding carboxylic acids is 1. The first kappa shape index (κ1) is 11.7. The molecule has 1 aliphatic rings. The molecule has 1 atom stereocenters. The van der Waals surface area contributed by atoms with Crippen LogP contribution in [0.1, 0.15) is 0 Å². The molecule has 1 fully saturated rings. The van der Waals surface area contributed by atoms with Gasteiger partial charge >= 0.3 is 6.09 Å². The lowest BCUT2D eigenvalue weighted by Crippen LogP contribution is -2.25. The van der Waals surface area contributed by atoms with Gasteiger partial charge in [-0.3, -0.25) is 4.90 Å². The first-order valence-corrected chi connectivity index (χ1v) is 5.08. The van der Waals surface area contributed by atoms with Gasteiger partial charge in [-0.2, -0.15) is 0 Å². The van der Waals surface area contributed by atoms with Gasteiger partial charge in [0, 0.05) is 6.07 Å². The van der Waals surface area contributed by atoms with Crippen LogP contribution in [-0.2, 0) is 4.74 Å². The van der Waals surface area contributed by atoms with E-state index in [1.54, 1.807) is 6.07 Å². The van der Waals surface area contributed by atoms with Gasteiger partial charge < -0.3 is 14.6 Å². The average molecular weight is 241 g/mol. The summed E-state index contributed by atoms with van der Waals surface area (Å²) in [5, 5.41) is 8.89. The monoisotopic (exact) mass is 241 g/mol. The van der Waals surface area contributed by atoms with Crippen LogP contribution in [0.3, 0.4) is 0 Å². The number of aliphatic hydroxyl groups is 1. The lowest BCUT2D eigenvalue weighted by atomic mass is 10.2. The molecule has 1 amide bonds. The Balaban J connectivity index is 2.23. The van der Waals surface area contributed by atoms with Gasteiger partial charge in [0.1, 0.15) is 6.10 Å². The summed E-state index contributed by atoms with van der Waals surface area (Å²) in [7, 11) is 1.37. The highest BCUT2D eigenvalue weighted by molar-refractivity contribution is 5.89. The second-order valence-electron chi connectivity index (χ2n) is 3.62. The van der Waals surface area contributed by atoms with E-state index in [2.05, 4.69) is 0 Å². The lowest BCUT2D eigenvalue weighted by molar-refractivity contribution is 0.0963. The Bertz CT molecular complexity index is 437. The number of methoxy groups -OCH3 is 1. The van der Waals surface area contributed by atoms with Gasteiger partial charge in [-0.15, -0.1) is 0 Å². The molecule has 1 aromatic rings. The molecule has 0 spiro atoms. The predicted molar refractivity (Wildman–Crippen MR) is 57.7 cm³/mol. The van der Waals surface area contributed by atoms with E-state index in [9.17, 15) is 9.18 Å². The highest BCUT2D eigenvalue weighted by Crippen LogP contribution is 2.26. The van der Waals surface area contributed by atoms with Crippen molar-refractivity contribution in [3.63, 3.8) is 0 Å². The van der Waals surface area contributed by atoms with Crippen LogP contribution < -0.4 is 9.64 Å². The fraction of sp³-hybridized carbons (Fsp3) is 0.364. The van der Waals surface area contributed by atoms with Crippen molar-refractivity contribution in [3.05, 3.63) is 24.0 Å². The smallest absolute Gasteiger partial charge is 0.414 e. The van der Waals surface area contributed by atoms with Crippen LogP contribution in [0.15, 0.2) is 18.2 Å². The molecular weight excluding hydrogens is 229 g/mol. The molecule has 0 bridgehead atoms. The van der Waals surface area contributed by atoms with Crippen LogP contribution >= 0.6 is 0 Å². The summed E-state index contributed by atoms with van der Waals surface area (Å²) in [6, 6.07) is 4.19. The van der Waals surface area contributed by atoms with Crippen molar-refractivity contribution in [3.8, 4) is 5.75 Å². The molecule has 1 aliphatic heterocycles. The lowest BCUT2D eigenvalue weighted by Gasteiger charge is -2.13. The van der Waals surface area contributed by atoms with Crippen LogP contribution in [0.4, 0.5) is 14.9 Å². The zero-order chi connectivity index (χ0) is 12.4. The molecule has 1 heterocycles. The molecule has 5 nitrogen and oxygen atoms in total. The van der Waals surface area contributed by atoms with Gasteiger partial charge in [-0.05, 0) is 12.1 Å². The van der Waals surface area contributed by atoms with Crippen molar-refractivity contribution in [1.29, 1.82) is 0 Å². The summed E-state index contributed by atoms with van der Waals surface area (Å²) in [6.07, 6.45) is -1.15. The SMILES string of the molecule is COc1ccc(N2C[C@H](CO)OC2=O)cc1F. The van der Waals surface area contributed by atoms with Crippen molar-refractivity contribution >= 4 is 11.8 Å². The fourth-order valence-electron chi connectivity index (χ4n) is 1.65. The van der Waals surface area contributed by atoms with Crippen LogP contribution in [0.25, 0.3) is 0 Å². The maximum Gasteiger partial charge on any atom is 0.414 e. The van der Waals surface area contributed by atoms with Gasteiger partial charge in [-0.1, -0.05) is 0 Å². The minimum Gasteiger partial charge on any atom is -0.494 e. The summed E-state index contributed by atoms with van der Waals surface area (Å²) in [5.74, 6) is -0.440. The van der Waals surface area contributed by atoms with E-state index in [1.807, 2.05) is 0 Å². The van der Waals surface area contributed by atoms with Crippen molar-refractivity contribution in [2.75, 3.05) is 25.2 Å². The number of amides is 1. The molecule has 0 radical (unpaired) electrons. The molecule has 17 heavy (non-hydrogen) atoms. The maximum atomic E-state index is 13.5. The zero-order valence-electron chi connectivity index (χ0n) is 9.22. The number of benzene rings is 1. The van der Waals surface area contributed by atoms with E-state index < -0.39 is 18.0 Å². The molecule has 1 aromatic carbocycles. The van der Waals surface area contributed by atoms with E-state index in [-0.39, 0.29) is 18.9 Å². The number of rotatable bonds is 3.